The molecule has 0 unspecified atom stereocenters. The molecule has 158 valence electrons. The van der Waals surface area contributed by atoms with Crippen LogP contribution in [0.15, 0.2) is 41.0 Å². The summed E-state index contributed by atoms with van der Waals surface area (Å²) >= 11 is 4.50. The summed E-state index contributed by atoms with van der Waals surface area (Å²) in [5.41, 5.74) is 2.97. The minimum atomic E-state index is -0.461. The van der Waals surface area contributed by atoms with Gasteiger partial charge in [0.1, 0.15) is 0 Å². The second-order valence-electron chi connectivity index (χ2n) is 6.77. The van der Waals surface area contributed by atoms with Crippen LogP contribution in [-0.2, 0) is 9.53 Å². The molecule has 2 aromatic rings. The van der Waals surface area contributed by atoms with Gasteiger partial charge in [0.05, 0.1) is 16.8 Å². The third-order valence-electron chi connectivity index (χ3n) is 4.40. The number of aliphatic imine (C=N–C) groups is 1. The van der Waals surface area contributed by atoms with Crippen molar-refractivity contribution < 1.29 is 19.0 Å². The average Bonchev–Trinajstić information content (AvgIpc) is 3.06. The predicted octanol–water partition coefficient (Wildman–Crippen LogP) is 6.13. The van der Waals surface area contributed by atoms with Crippen molar-refractivity contribution in [1.29, 1.82) is 0 Å². The summed E-state index contributed by atoms with van der Waals surface area (Å²) < 4.78 is 19.2. The van der Waals surface area contributed by atoms with E-state index >= 15 is 0 Å². The largest absolute Gasteiger partial charge is 0.490 e. The van der Waals surface area contributed by atoms with Gasteiger partial charge in [0.15, 0.2) is 17.2 Å². The molecular formula is C23H23I2NO4. The molecule has 0 radical (unpaired) electrons. The van der Waals surface area contributed by atoms with E-state index in [0.717, 1.165) is 42.4 Å². The molecule has 5 nitrogen and oxygen atoms in total. The van der Waals surface area contributed by atoms with E-state index in [1.54, 1.807) is 6.08 Å². The number of ether oxygens (including phenoxy) is 3. The number of benzene rings is 2. The van der Waals surface area contributed by atoms with Gasteiger partial charge < -0.3 is 14.2 Å². The lowest BCUT2D eigenvalue weighted by molar-refractivity contribution is -0.129. The van der Waals surface area contributed by atoms with Gasteiger partial charge in [0.25, 0.3) is 0 Å². The number of esters is 1. The number of aryl methyl sites for hydroxylation is 1. The molecule has 0 spiro atoms. The number of hydrogen-bond acceptors (Lipinski definition) is 5. The van der Waals surface area contributed by atoms with Crippen molar-refractivity contribution >= 4 is 63.1 Å². The summed E-state index contributed by atoms with van der Waals surface area (Å²) in [5.74, 6) is 1.26. The Kier molecular flexibility index (Phi) is 8.15. The Balaban J connectivity index is 1.92. The Morgan fingerprint density at radius 2 is 1.90 bits per heavy atom. The summed E-state index contributed by atoms with van der Waals surface area (Å²) in [6.07, 6.45) is 3.76. The Morgan fingerprint density at radius 1 is 1.10 bits per heavy atom. The smallest absolute Gasteiger partial charge is 0.363 e. The second-order valence-corrected chi connectivity index (χ2v) is 9.09. The highest BCUT2D eigenvalue weighted by molar-refractivity contribution is 14.1. The van der Waals surface area contributed by atoms with Crippen LogP contribution in [0.1, 0.15) is 43.4 Å². The SMILES string of the molecule is CCCCOc1c(I)cc(/C=C2\N=C(c3ccc(I)c(C)c3)OC2=O)cc1OCC. The fourth-order valence-corrected chi connectivity index (χ4v) is 3.98. The molecule has 3 rings (SSSR count). The molecule has 30 heavy (non-hydrogen) atoms. The summed E-state index contributed by atoms with van der Waals surface area (Å²) in [5, 5.41) is 0. The average molecular weight is 631 g/mol. The molecule has 0 fully saturated rings. The van der Waals surface area contributed by atoms with E-state index < -0.39 is 5.97 Å². The van der Waals surface area contributed by atoms with E-state index in [2.05, 4.69) is 57.1 Å². The number of cyclic esters (lactones) is 1. The highest BCUT2D eigenvalue weighted by atomic mass is 127. The second kappa shape index (κ2) is 10.6. The fraction of sp³-hybridized carbons (Fsp3) is 0.304. The lowest BCUT2D eigenvalue weighted by Crippen LogP contribution is -2.06. The van der Waals surface area contributed by atoms with Crippen LogP contribution in [-0.4, -0.2) is 25.1 Å². The van der Waals surface area contributed by atoms with Crippen LogP contribution in [0.5, 0.6) is 11.5 Å². The molecule has 0 saturated carbocycles. The number of carbonyl (C=O) groups excluding carboxylic acids is 1. The lowest BCUT2D eigenvalue weighted by atomic mass is 10.1. The summed E-state index contributed by atoms with van der Waals surface area (Å²) in [6.45, 7) is 7.24. The van der Waals surface area contributed by atoms with Crippen LogP contribution in [0, 0.1) is 14.1 Å². The number of halogens is 2. The maximum absolute atomic E-state index is 12.4. The highest BCUT2D eigenvalue weighted by Gasteiger charge is 2.25. The minimum absolute atomic E-state index is 0.263. The van der Waals surface area contributed by atoms with Crippen molar-refractivity contribution in [2.75, 3.05) is 13.2 Å². The minimum Gasteiger partial charge on any atom is -0.490 e. The van der Waals surface area contributed by atoms with E-state index in [1.807, 2.05) is 44.2 Å². The first-order valence-electron chi connectivity index (χ1n) is 9.81. The quantitative estimate of drug-likeness (QED) is 0.153. The Morgan fingerprint density at radius 3 is 2.60 bits per heavy atom. The van der Waals surface area contributed by atoms with E-state index in [0.29, 0.717) is 24.9 Å². The first-order chi connectivity index (χ1) is 14.4. The molecule has 7 heteroatoms. The van der Waals surface area contributed by atoms with Crippen LogP contribution < -0.4 is 9.47 Å². The van der Waals surface area contributed by atoms with Crippen molar-refractivity contribution in [3.8, 4) is 11.5 Å². The highest BCUT2D eigenvalue weighted by Crippen LogP contribution is 2.35. The van der Waals surface area contributed by atoms with Gasteiger partial charge in [-0.3, -0.25) is 0 Å². The Bertz CT molecular complexity index is 1010. The molecule has 1 aliphatic heterocycles. The number of nitrogens with zero attached hydrogens (tertiary/aromatic N) is 1. The van der Waals surface area contributed by atoms with Gasteiger partial charge in [-0.1, -0.05) is 13.3 Å². The number of hydrogen-bond donors (Lipinski definition) is 0. The fourth-order valence-electron chi connectivity index (χ4n) is 2.86. The molecule has 0 N–H and O–H groups in total. The van der Waals surface area contributed by atoms with Crippen molar-refractivity contribution in [2.24, 2.45) is 4.99 Å². The van der Waals surface area contributed by atoms with Gasteiger partial charge in [0, 0.05) is 9.13 Å². The van der Waals surface area contributed by atoms with Crippen LogP contribution >= 0.6 is 45.2 Å². The maximum Gasteiger partial charge on any atom is 0.363 e. The van der Waals surface area contributed by atoms with Crippen LogP contribution in [0.2, 0.25) is 0 Å². The van der Waals surface area contributed by atoms with Gasteiger partial charge in [-0.05, 0) is 113 Å². The molecule has 1 heterocycles. The van der Waals surface area contributed by atoms with E-state index in [-0.39, 0.29) is 5.70 Å². The first kappa shape index (κ1) is 23.1. The molecule has 0 aromatic heterocycles. The third-order valence-corrected chi connectivity index (χ3v) is 6.42. The standard InChI is InChI=1S/C23H23I2NO4/c1-4-6-9-29-21-18(25)11-15(13-20(21)28-5-2)12-19-23(27)30-22(26-19)16-7-8-17(24)14(3)10-16/h7-8,10-13H,4-6,9H2,1-3H3/b19-12-. The molecule has 2 aromatic carbocycles. The van der Waals surface area contributed by atoms with Gasteiger partial charge in [-0.25, -0.2) is 9.79 Å². The van der Waals surface area contributed by atoms with Gasteiger partial charge >= 0.3 is 5.97 Å². The van der Waals surface area contributed by atoms with Crippen molar-refractivity contribution in [1.82, 2.24) is 0 Å². The normalized spacial score (nSPS) is 14.6. The molecule has 0 atom stereocenters. The number of unbranched alkanes of at least 4 members (excludes halogenated alkanes) is 1. The zero-order chi connectivity index (χ0) is 21.7. The summed E-state index contributed by atoms with van der Waals surface area (Å²) in [4.78, 5) is 16.8. The first-order valence-corrected chi connectivity index (χ1v) is 12.0. The van der Waals surface area contributed by atoms with E-state index in [1.165, 1.54) is 0 Å². The maximum atomic E-state index is 12.4. The summed E-state index contributed by atoms with van der Waals surface area (Å²) in [6, 6.07) is 9.68. The molecular weight excluding hydrogens is 608 g/mol. The predicted molar refractivity (Wildman–Crippen MR) is 135 cm³/mol. The van der Waals surface area contributed by atoms with Gasteiger partial charge in [0.2, 0.25) is 5.90 Å². The number of carbonyl (C=O) groups is 1. The lowest BCUT2D eigenvalue weighted by Gasteiger charge is -2.14. The van der Waals surface area contributed by atoms with Crippen molar-refractivity contribution in [3.05, 3.63) is 59.9 Å². The van der Waals surface area contributed by atoms with E-state index in [9.17, 15) is 4.79 Å². The van der Waals surface area contributed by atoms with E-state index in [4.69, 9.17) is 14.2 Å². The molecule has 0 aliphatic carbocycles. The number of rotatable bonds is 8. The van der Waals surface area contributed by atoms with Crippen LogP contribution in [0.4, 0.5) is 0 Å². The molecule has 0 bridgehead atoms. The molecule has 0 saturated heterocycles. The van der Waals surface area contributed by atoms with Crippen LogP contribution in [0.3, 0.4) is 0 Å². The van der Waals surface area contributed by atoms with Crippen molar-refractivity contribution in [3.63, 3.8) is 0 Å². The monoisotopic (exact) mass is 631 g/mol. The molecule has 0 amide bonds. The Labute approximate surface area is 204 Å². The third kappa shape index (κ3) is 5.54. The summed E-state index contributed by atoms with van der Waals surface area (Å²) in [7, 11) is 0. The van der Waals surface area contributed by atoms with Crippen molar-refractivity contribution in [2.45, 2.75) is 33.6 Å². The zero-order valence-electron chi connectivity index (χ0n) is 17.1. The molecule has 1 aliphatic rings. The zero-order valence-corrected chi connectivity index (χ0v) is 21.4. The Hall–Kier alpha value is -1.62. The van der Waals surface area contributed by atoms with Crippen LogP contribution in [0.25, 0.3) is 6.08 Å². The van der Waals surface area contributed by atoms with Gasteiger partial charge in [-0.15, -0.1) is 0 Å². The topological polar surface area (TPSA) is 57.1 Å². The van der Waals surface area contributed by atoms with Gasteiger partial charge in [-0.2, -0.15) is 0 Å².